The number of benzene rings is 1. The third kappa shape index (κ3) is 3.87. The second-order valence-corrected chi connectivity index (χ2v) is 8.06. The molecule has 28 heavy (non-hydrogen) atoms. The molecule has 4 rings (SSSR count). The van der Waals surface area contributed by atoms with Crippen LogP contribution in [0.5, 0.6) is 0 Å². The molecule has 0 spiro atoms. The molecule has 148 valence electrons. The smallest absolute Gasteiger partial charge is 0.254 e. The fourth-order valence-electron chi connectivity index (χ4n) is 4.01. The number of pyridine rings is 1. The molecule has 2 heterocycles. The highest BCUT2D eigenvalue weighted by Crippen LogP contribution is 2.40. The summed E-state index contributed by atoms with van der Waals surface area (Å²) in [6.07, 6.45) is 3.93. The van der Waals surface area contributed by atoms with Crippen molar-refractivity contribution in [2.24, 2.45) is 11.7 Å². The van der Waals surface area contributed by atoms with Crippen LogP contribution in [0.2, 0.25) is 0 Å². The molecule has 1 aromatic carbocycles. The number of likely N-dealkylation sites (tertiary alicyclic amines) is 1. The van der Waals surface area contributed by atoms with Gasteiger partial charge in [0.25, 0.3) is 5.91 Å². The normalized spacial score (nSPS) is 19.6. The summed E-state index contributed by atoms with van der Waals surface area (Å²) in [5.74, 6) is 0.323. The Morgan fingerprint density at radius 3 is 2.82 bits per heavy atom. The van der Waals surface area contributed by atoms with Crippen molar-refractivity contribution in [1.29, 1.82) is 0 Å². The molecule has 2 aromatic rings. The lowest BCUT2D eigenvalue weighted by molar-refractivity contribution is -0.126. The number of aromatic nitrogens is 1. The van der Waals surface area contributed by atoms with Crippen LogP contribution in [0.15, 0.2) is 24.3 Å². The Morgan fingerprint density at radius 2 is 2.07 bits per heavy atom. The molecule has 3 N–H and O–H groups in total. The molecule has 1 aromatic heterocycles. The summed E-state index contributed by atoms with van der Waals surface area (Å²) in [7, 11) is 0. The van der Waals surface area contributed by atoms with E-state index in [2.05, 4.69) is 5.32 Å². The second kappa shape index (κ2) is 7.87. The van der Waals surface area contributed by atoms with Gasteiger partial charge in [0.2, 0.25) is 5.91 Å². The summed E-state index contributed by atoms with van der Waals surface area (Å²) >= 11 is 0. The zero-order chi connectivity index (χ0) is 19.7. The molecule has 6 heteroatoms. The first-order chi connectivity index (χ1) is 13.6. The van der Waals surface area contributed by atoms with Crippen molar-refractivity contribution in [1.82, 2.24) is 15.2 Å². The third-order valence-corrected chi connectivity index (χ3v) is 5.73. The van der Waals surface area contributed by atoms with E-state index >= 15 is 0 Å². The number of nitrogens with two attached hydrogens (primary N) is 1. The van der Waals surface area contributed by atoms with Crippen molar-refractivity contribution in [2.45, 2.75) is 38.5 Å². The van der Waals surface area contributed by atoms with E-state index in [-0.39, 0.29) is 17.7 Å². The number of carbonyl (C=O) groups is 2. The quantitative estimate of drug-likeness (QED) is 0.833. The Hall–Kier alpha value is -2.47. The monoisotopic (exact) mass is 380 g/mol. The average Bonchev–Trinajstić information content (AvgIpc) is 3.56. The van der Waals surface area contributed by atoms with E-state index in [0.29, 0.717) is 32.1 Å². The van der Waals surface area contributed by atoms with Gasteiger partial charge in [0.15, 0.2) is 0 Å². The largest absolute Gasteiger partial charge is 0.355 e. The number of fused-ring (bicyclic) bond motifs is 1. The average molecular weight is 380 g/mol. The number of aryl methyl sites for hydroxylation is 1. The van der Waals surface area contributed by atoms with E-state index in [1.165, 1.54) is 0 Å². The van der Waals surface area contributed by atoms with Crippen molar-refractivity contribution < 1.29 is 9.59 Å². The van der Waals surface area contributed by atoms with Gasteiger partial charge < -0.3 is 16.0 Å². The third-order valence-electron chi connectivity index (χ3n) is 5.73. The maximum Gasteiger partial charge on any atom is 0.254 e. The Kier molecular flexibility index (Phi) is 5.31. The number of hydrogen-bond donors (Lipinski definition) is 2. The van der Waals surface area contributed by atoms with E-state index < -0.39 is 0 Å². The lowest BCUT2D eigenvalue weighted by atomic mass is 9.95. The van der Waals surface area contributed by atoms with Crippen LogP contribution >= 0.6 is 0 Å². The van der Waals surface area contributed by atoms with Gasteiger partial charge in [-0.25, -0.2) is 0 Å². The van der Waals surface area contributed by atoms with Crippen LogP contribution in [0.3, 0.4) is 0 Å². The van der Waals surface area contributed by atoms with E-state index in [1.54, 1.807) is 0 Å². The molecule has 2 aliphatic rings. The number of piperidine rings is 1. The van der Waals surface area contributed by atoms with Gasteiger partial charge in [-0.05, 0) is 50.8 Å². The SMILES string of the molecule is Cc1ccc2nc(C3CC3)cc(C(=O)N3CCCC(C(=O)NCCN)C3)c2c1. The molecule has 1 saturated carbocycles. The van der Waals surface area contributed by atoms with Gasteiger partial charge in [-0.15, -0.1) is 0 Å². The van der Waals surface area contributed by atoms with Crippen LogP contribution in [0.1, 0.15) is 53.2 Å². The van der Waals surface area contributed by atoms with Crippen LogP contribution in [0, 0.1) is 12.8 Å². The van der Waals surface area contributed by atoms with Crippen molar-refractivity contribution >= 4 is 22.7 Å². The molecule has 1 unspecified atom stereocenters. The lowest BCUT2D eigenvalue weighted by Gasteiger charge is -2.32. The van der Waals surface area contributed by atoms with Gasteiger partial charge in [0.1, 0.15) is 0 Å². The summed E-state index contributed by atoms with van der Waals surface area (Å²) in [5, 5.41) is 3.77. The summed E-state index contributed by atoms with van der Waals surface area (Å²) in [6, 6.07) is 8.08. The van der Waals surface area contributed by atoms with Gasteiger partial charge in [0, 0.05) is 43.2 Å². The Morgan fingerprint density at radius 1 is 1.25 bits per heavy atom. The Bertz CT molecular complexity index is 907. The maximum atomic E-state index is 13.4. The minimum absolute atomic E-state index is 0.00273. The molecule has 2 amide bonds. The zero-order valence-corrected chi connectivity index (χ0v) is 16.4. The summed E-state index contributed by atoms with van der Waals surface area (Å²) in [4.78, 5) is 32.4. The van der Waals surface area contributed by atoms with E-state index in [4.69, 9.17) is 10.7 Å². The highest BCUT2D eigenvalue weighted by atomic mass is 16.2. The molecule has 6 nitrogen and oxygen atoms in total. The Balaban J connectivity index is 1.62. The van der Waals surface area contributed by atoms with Crippen LogP contribution in [0.4, 0.5) is 0 Å². The Labute approximate surface area is 165 Å². The van der Waals surface area contributed by atoms with Gasteiger partial charge in [-0.3, -0.25) is 14.6 Å². The van der Waals surface area contributed by atoms with Gasteiger partial charge in [-0.1, -0.05) is 11.6 Å². The van der Waals surface area contributed by atoms with Gasteiger partial charge in [0.05, 0.1) is 17.0 Å². The molecular formula is C22H28N4O2. The van der Waals surface area contributed by atoms with Crippen LogP contribution < -0.4 is 11.1 Å². The molecular weight excluding hydrogens is 352 g/mol. The highest BCUT2D eigenvalue weighted by molar-refractivity contribution is 6.06. The second-order valence-electron chi connectivity index (χ2n) is 8.06. The summed E-state index contributed by atoms with van der Waals surface area (Å²) in [5.41, 5.74) is 9.22. The maximum absolute atomic E-state index is 13.4. The molecule has 1 aliphatic heterocycles. The number of nitrogens with one attached hydrogen (secondary N) is 1. The van der Waals surface area contributed by atoms with Crippen molar-refractivity contribution in [3.63, 3.8) is 0 Å². The molecule has 0 radical (unpaired) electrons. The fraction of sp³-hybridized carbons (Fsp3) is 0.500. The number of nitrogens with zero attached hydrogens (tertiary/aromatic N) is 2. The van der Waals surface area contributed by atoms with E-state index in [1.807, 2.05) is 36.1 Å². The number of amides is 2. The number of rotatable bonds is 5. The van der Waals surface area contributed by atoms with Crippen molar-refractivity contribution in [2.75, 3.05) is 26.2 Å². The number of hydrogen-bond acceptors (Lipinski definition) is 4. The molecule has 2 fully saturated rings. The van der Waals surface area contributed by atoms with Gasteiger partial charge >= 0.3 is 0 Å². The summed E-state index contributed by atoms with van der Waals surface area (Å²) in [6.45, 7) is 4.08. The number of carbonyl (C=O) groups excluding carboxylic acids is 2. The van der Waals surface area contributed by atoms with E-state index in [9.17, 15) is 9.59 Å². The minimum atomic E-state index is -0.165. The predicted octanol–water partition coefficient (Wildman–Crippen LogP) is 2.35. The zero-order valence-electron chi connectivity index (χ0n) is 16.4. The standard InChI is InChI=1S/C22H28N4O2/c1-14-4-7-19-17(11-14)18(12-20(25-19)15-5-6-15)22(28)26-10-2-3-16(13-26)21(27)24-9-8-23/h4,7,11-12,15-16H,2-3,5-6,8-10,13,23H2,1H3,(H,24,27). The molecule has 1 aliphatic carbocycles. The van der Waals surface area contributed by atoms with Crippen LogP contribution in [0.25, 0.3) is 10.9 Å². The fourth-order valence-corrected chi connectivity index (χ4v) is 4.01. The molecule has 1 atom stereocenters. The first-order valence-corrected chi connectivity index (χ1v) is 10.2. The molecule has 1 saturated heterocycles. The van der Waals surface area contributed by atoms with E-state index in [0.717, 1.165) is 53.4 Å². The topological polar surface area (TPSA) is 88.3 Å². The molecule has 0 bridgehead atoms. The first-order valence-electron chi connectivity index (χ1n) is 10.2. The van der Waals surface area contributed by atoms with Crippen molar-refractivity contribution in [3.8, 4) is 0 Å². The first kappa shape index (κ1) is 18.9. The lowest BCUT2D eigenvalue weighted by Crippen LogP contribution is -2.46. The van der Waals surface area contributed by atoms with Gasteiger partial charge in [-0.2, -0.15) is 0 Å². The summed E-state index contributed by atoms with van der Waals surface area (Å²) < 4.78 is 0. The van der Waals surface area contributed by atoms with Crippen LogP contribution in [-0.4, -0.2) is 47.9 Å². The predicted molar refractivity (Wildman–Crippen MR) is 109 cm³/mol. The van der Waals surface area contributed by atoms with Crippen molar-refractivity contribution in [3.05, 3.63) is 41.1 Å². The van der Waals surface area contributed by atoms with Crippen LogP contribution in [-0.2, 0) is 4.79 Å². The highest BCUT2D eigenvalue weighted by Gasteiger charge is 2.31. The minimum Gasteiger partial charge on any atom is -0.355 e.